The van der Waals surface area contributed by atoms with Gasteiger partial charge in [0.05, 0.1) is 12.5 Å². The van der Waals surface area contributed by atoms with Gasteiger partial charge in [-0.05, 0) is 18.1 Å². The molecule has 0 saturated carbocycles. The molecule has 0 aliphatic rings. The van der Waals surface area contributed by atoms with Gasteiger partial charge in [0.15, 0.2) is 5.78 Å². The van der Waals surface area contributed by atoms with E-state index in [4.69, 9.17) is 16.9 Å². The van der Waals surface area contributed by atoms with Crippen molar-refractivity contribution in [3.63, 3.8) is 0 Å². The van der Waals surface area contributed by atoms with Crippen molar-refractivity contribution in [2.75, 3.05) is 0 Å². The zero-order chi connectivity index (χ0) is 12.1. The smallest absolute Gasteiger partial charge is 0.152 e. The van der Waals surface area contributed by atoms with Crippen molar-refractivity contribution in [1.82, 2.24) is 0 Å². The van der Waals surface area contributed by atoms with Crippen LogP contribution < -0.4 is 0 Å². The summed E-state index contributed by atoms with van der Waals surface area (Å²) in [6, 6.07) is 6.94. The number of Topliss-reactive ketones (excluding diaryl/α,β-unsaturated/α-hetero) is 1. The maximum atomic E-state index is 11.2. The second-order valence-corrected chi connectivity index (χ2v) is 3.78. The molecule has 1 atom stereocenters. The molecule has 0 fully saturated rings. The molecule has 0 spiro atoms. The van der Waals surface area contributed by atoms with E-state index < -0.39 is 5.38 Å². The number of nitriles is 1. The lowest BCUT2D eigenvalue weighted by atomic mass is 9.95. The minimum atomic E-state index is -0.871. The van der Waals surface area contributed by atoms with E-state index >= 15 is 0 Å². The number of rotatable bonds is 4. The fourth-order valence-electron chi connectivity index (χ4n) is 1.49. The molecule has 0 aromatic heterocycles. The first-order chi connectivity index (χ1) is 7.61. The van der Waals surface area contributed by atoms with E-state index in [1.54, 1.807) is 18.2 Å². The normalized spacial score (nSPS) is 11.6. The summed E-state index contributed by atoms with van der Waals surface area (Å²) in [7, 11) is 0. The Morgan fingerprint density at radius 1 is 1.62 bits per heavy atom. The van der Waals surface area contributed by atoms with Gasteiger partial charge in [0.2, 0.25) is 0 Å². The van der Waals surface area contributed by atoms with Crippen LogP contribution in [0, 0.1) is 11.3 Å². The maximum absolute atomic E-state index is 11.2. The first-order valence-corrected chi connectivity index (χ1v) is 5.14. The quantitative estimate of drug-likeness (QED) is 0.595. The molecule has 0 bridgehead atoms. The van der Waals surface area contributed by atoms with E-state index in [0.29, 0.717) is 23.0 Å². The molecule has 82 valence electrons. The van der Waals surface area contributed by atoms with E-state index in [9.17, 15) is 9.59 Å². The summed E-state index contributed by atoms with van der Waals surface area (Å²) in [6.45, 7) is 1.36. The second kappa shape index (κ2) is 5.43. The van der Waals surface area contributed by atoms with E-state index in [2.05, 4.69) is 0 Å². The number of carbonyl (C=O) groups is 2. The SMILES string of the molecule is CC(=O)C(Cl)c1c(C=O)cccc1CC#N. The standard InChI is InChI=1S/C12H10ClNO2/c1-8(16)12(13)11-9(5-6-14)3-2-4-10(11)7-15/h2-4,7,12H,5H2,1H3. The maximum Gasteiger partial charge on any atom is 0.152 e. The Hall–Kier alpha value is -1.66. The number of nitrogens with zero attached hydrogens (tertiary/aromatic N) is 1. The molecular formula is C12H10ClNO2. The average Bonchev–Trinajstić information content (AvgIpc) is 2.28. The molecule has 1 unspecified atom stereocenters. The van der Waals surface area contributed by atoms with Crippen molar-refractivity contribution < 1.29 is 9.59 Å². The Morgan fingerprint density at radius 2 is 2.31 bits per heavy atom. The summed E-state index contributed by atoms with van der Waals surface area (Å²) < 4.78 is 0. The molecule has 0 aliphatic carbocycles. The highest BCUT2D eigenvalue weighted by Gasteiger charge is 2.20. The zero-order valence-electron chi connectivity index (χ0n) is 8.74. The minimum Gasteiger partial charge on any atom is -0.298 e. The Balaban J connectivity index is 3.36. The number of aldehydes is 1. The largest absolute Gasteiger partial charge is 0.298 e. The van der Waals surface area contributed by atoms with Gasteiger partial charge < -0.3 is 0 Å². The Kier molecular flexibility index (Phi) is 4.21. The minimum absolute atomic E-state index is 0.132. The van der Waals surface area contributed by atoms with Crippen LogP contribution in [-0.4, -0.2) is 12.1 Å². The van der Waals surface area contributed by atoms with Gasteiger partial charge in [-0.2, -0.15) is 5.26 Å². The zero-order valence-corrected chi connectivity index (χ0v) is 9.49. The first-order valence-electron chi connectivity index (χ1n) is 4.70. The molecule has 1 aromatic rings. The van der Waals surface area contributed by atoms with Crippen LogP contribution >= 0.6 is 11.6 Å². The third kappa shape index (κ3) is 2.47. The van der Waals surface area contributed by atoms with Gasteiger partial charge in [-0.3, -0.25) is 9.59 Å². The molecule has 0 N–H and O–H groups in total. The Bertz CT molecular complexity index is 463. The lowest BCUT2D eigenvalue weighted by Gasteiger charge is -2.12. The number of hydrogen-bond acceptors (Lipinski definition) is 3. The van der Waals surface area contributed by atoms with Crippen molar-refractivity contribution in [3.05, 3.63) is 34.9 Å². The summed E-state index contributed by atoms with van der Waals surface area (Å²) in [6.07, 6.45) is 0.780. The first kappa shape index (κ1) is 12.4. The molecule has 0 saturated heterocycles. The van der Waals surface area contributed by atoms with Crippen molar-refractivity contribution in [2.24, 2.45) is 0 Å². The highest BCUT2D eigenvalue weighted by molar-refractivity contribution is 6.31. The van der Waals surface area contributed by atoms with E-state index in [0.717, 1.165) is 0 Å². The molecule has 16 heavy (non-hydrogen) atoms. The van der Waals surface area contributed by atoms with Crippen LogP contribution in [0.4, 0.5) is 0 Å². The van der Waals surface area contributed by atoms with Gasteiger partial charge in [-0.25, -0.2) is 0 Å². The second-order valence-electron chi connectivity index (χ2n) is 3.35. The van der Waals surface area contributed by atoms with Gasteiger partial charge >= 0.3 is 0 Å². The predicted molar refractivity (Wildman–Crippen MR) is 60.4 cm³/mol. The van der Waals surface area contributed by atoms with Crippen LogP contribution in [0.15, 0.2) is 18.2 Å². The number of halogens is 1. The van der Waals surface area contributed by atoms with Gasteiger partial charge in [0.25, 0.3) is 0 Å². The lowest BCUT2D eigenvalue weighted by Crippen LogP contribution is -2.08. The summed E-state index contributed by atoms with van der Waals surface area (Å²) in [5.41, 5.74) is 1.44. The van der Waals surface area contributed by atoms with Gasteiger partial charge in [0, 0.05) is 5.56 Å². The fraction of sp³-hybridized carbons (Fsp3) is 0.250. The number of carbonyl (C=O) groups excluding carboxylic acids is 2. The van der Waals surface area contributed by atoms with Crippen LogP contribution in [-0.2, 0) is 11.2 Å². The van der Waals surface area contributed by atoms with Crippen LogP contribution in [0.5, 0.6) is 0 Å². The Morgan fingerprint density at radius 3 is 2.81 bits per heavy atom. The molecule has 3 nitrogen and oxygen atoms in total. The van der Waals surface area contributed by atoms with Crippen molar-refractivity contribution in [1.29, 1.82) is 5.26 Å². The topological polar surface area (TPSA) is 57.9 Å². The summed E-state index contributed by atoms with van der Waals surface area (Å²) in [5.74, 6) is -0.241. The molecular weight excluding hydrogens is 226 g/mol. The lowest BCUT2D eigenvalue weighted by molar-refractivity contribution is -0.116. The van der Waals surface area contributed by atoms with Gasteiger partial charge in [0.1, 0.15) is 11.7 Å². The van der Waals surface area contributed by atoms with Crippen molar-refractivity contribution >= 4 is 23.7 Å². The third-order valence-electron chi connectivity index (χ3n) is 2.24. The van der Waals surface area contributed by atoms with Crippen LogP contribution in [0.3, 0.4) is 0 Å². The number of hydrogen-bond donors (Lipinski definition) is 0. The van der Waals surface area contributed by atoms with Crippen LogP contribution in [0.2, 0.25) is 0 Å². The summed E-state index contributed by atoms with van der Waals surface area (Å²) in [5, 5.41) is 7.79. The monoisotopic (exact) mass is 235 g/mol. The number of alkyl halides is 1. The van der Waals surface area contributed by atoms with Gasteiger partial charge in [-0.15, -0.1) is 11.6 Å². The van der Waals surface area contributed by atoms with E-state index in [1.807, 2.05) is 6.07 Å². The summed E-state index contributed by atoms with van der Waals surface area (Å²) in [4.78, 5) is 22.1. The molecule has 0 aliphatic heterocycles. The highest BCUT2D eigenvalue weighted by Crippen LogP contribution is 2.28. The molecule has 1 aromatic carbocycles. The van der Waals surface area contributed by atoms with Crippen molar-refractivity contribution in [2.45, 2.75) is 18.7 Å². The molecule has 0 radical (unpaired) electrons. The fourth-order valence-corrected chi connectivity index (χ4v) is 1.75. The Labute approximate surface area is 98.6 Å². The number of benzene rings is 1. The predicted octanol–water partition coefficient (Wildman–Crippen LogP) is 2.43. The highest BCUT2D eigenvalue weighted by atomic mass is 35.5. The van der Waals surface area contributed by atoms with Crippen LogP contribution in [0.25, 0.3) is 0 Å². The third-order valence-corrected chi connectivity index (χ3v) is 2.76. The van der Waals surface area contributed by atoms with Crippen LogP contribution in [0.1, 0.15) is 33.8 Å². The average molecular weight is 236 g/mol. The number of ketones is 1. The van der Waals surface area contributed by atoms with Crippen molar-refractivity contribution in [3.8, 4) is 6.07 Å². The molecule has 0 heterocycles. The molecule has 4 heteroatoms. The molecule has 0 amide bonds. The van der Waals surface area contributed by atoms with E-state index in [1.165, 1.54) is 6.92 Å². The van der Waals surface area contributed by atoms with Gasteiger partial charge in [-0.1, -0.05) is 18.2 Å². The van der Waals surface area contributed by atoms with E-state index in [-0.39, 0.29) is 12.2 Å². The summed E-state index contributed by atoms with van der Waals surface area (Å²) >= 11 is 5.95. The molecule has 1 rings (SSSR count).